The van der Waals surface area contributed by atoms with Crippen molar-refractivity contribution in [3.05, 3.63) is 0 Å². The molecule has 2 nitrogen and oxygen atoms in total. The van der Waals surface area contributed by atoms with E-state index in [1.165, 1.54) is 24.3 Å². The molecular formula is C10H19NOS2. The van der Waals surface area contributed by atoms with Gasteiger partial charge in [0.15, 0.2) is 0 Å². The van der Waals surface area contributed by atoms with Crippen molar-refractivity contribution < 1.29 is 4.55 Å². The number of hydrogen-bond acceptors (Lipinski definition) is 3. The average molecular weight is 233 g/mol. The molecule has 0 unspecified atom stereocenters. The molecule has 14 heavy (non-hydrogen) atoms. The first-order valence-corrected chi connectivity index (χ1v) is 7.30. The molecule has 0 aromatic heterocycles. The second kappa shape index (κ2) is 5.42. The van der Waals surface area contributed by atoms with Gasteiger partial charge >= 0.3 is 0 Å². The first-order chi connectivity index (χ1) is 6.50. The molecule has 0 spiro atoms. The summed E-state index contributed by atoms with van der Waals surface area (Å²) in [4.78, 5) is 0. The Balaban J connectivity index is 2.38. The molecule has 0 radical (unpaired) electrons. The maximum absolute atomic E-state index is 11.6. The lowest BCUT2D eigenvalue weighted by molar-refractivity contribution is 0.560. The molecule has 0 aromatic rings. The SMILES string of the molecule is CC(C)(C)[S@+]([O-])/N=C/C1CCSCC1. The van der Waals surface area contributed by atoms with Gasteiger partial charge in [0.2, 0.25) is 0 Å². The van der Waals surface area contributed by atoms with E-state index in [4.69, 9.17) is 0 Å². The van der Waals surface area contributed by atoms with Crippen molar-refractivity contribution in [3.8, 4) is 0 Å². The lowest BCUT2D eigenvalue weighted by Crippen LogP contribution is -2.26. The summed E-state index contributed by atoms with van der Waals surface area (Å²) < 4.78 is 15.5. The van der Waals surface area contributed by atoms with Gasteiger partial charge in [-0.05, 0) is 45.1 Å². The largest absolute Gasteiger partial charge is 0.591 e. The zero-order valence-corrected chi connectivity index (χ0v) is 10.8. The second-order valence-electron chi connectivity index (χ2n) is 4.57. The molecule has 0 bridgehead atoms. The molecule has 82 valence electrons. The Morgan fingerprint density at radius 1 is 1.36 bits per heavy atom. The van der Waals surface area contributed by atoms with E-state index in [9.17, 15) is 4.55 Å². The van der Waals surface area contributed by atoms with E-state index in [-0.39, 0.29) is 4.75 Å². The summed E-state index contributed by atoms with van der Waals surface area (Å²) in [6.07, 6.45) is 4.30. The number of rotatable bonds is 2. The van der Waals surface area contributed by atoms with Gasteiger partial charge in [0.1, 0.15) is 16.1 Å². The Labute approximate surface area is 94.3 Å². The molecule has 0 N–H and O–H groups in total. The van der Waals surface area contributed by atoms with E-state index in [2.05, 4.69) is 4.40 Å². The fourth-order valence-electron chi connectivity index (χ4n) is 1.16. The molecule has 1 rings (SSSR count). The van der Waals surface area contributed by atoms with Crippen LogP contribution >= 0.6 is 11.8 Å². The van der Waals surface area contributed by atoms with Gasteiger partial charge in [0.25, 0.3) is 0 Å². The van der Waals surface area contributed by atoms with Gasteiger partial charge in [-0.25, -0.2) is 0 Å². The predicted octanol–water partition coefficient (Wildman–Crippen LogP) is 2.66. The van der Waals surface area contributed by atoms with Crippen LogP contribution in [-0.2, 0) is 11.4 Å². The second-order valence-corrected chi connectivity index (χ2v) is 7.72. The van der Waals surface area contributed by atoms with Crippen molar-refractivity contribution in [2.24, 2.45) is 10.3 Å². The Morgan fingerprint density at radius 3 is 2.43 bits per heavy atom. The molecule has 1 heterocycles. The van der Waals surface area contributed by atoms with Crippen LogP contribution in [0.4, 0.5) is 0 Å². The highest BCUT2D eigenvalue weighted by molar-refractivity contribution is 7.99. The van der Waals surface area contributed by atoms with Crippen LogP contribution in [-0.4, -0.2) is 27.0 Å². The summed E-state index contributed by atoms with van der Waals surface area (Å²) in [5, 5.41) is 0. The molecular weight excluding hydrogens is 214 g/mol. The minimum absolute atomic E-state index is 0.222. The van der Waals surface area contributed by atoms with E-state index in [0.717, 1.165) is 0 Å². The third-order valence-electron chi connectivity index (χ3n) is 2.16. The van der Waals surface area contributed by atoms with Crippen LogP contribution in [0, 0.1) is 5.92 Å². The molecule has 1 fully saturated rings. The van der Waals surface area contributed by atoms with E-state index in [0.29, 0.717) is 5.92 Å². The maximum Gasteiger partial charge on any atom is 0.144 e. The standard InChI is InChI=1S/C10H19NOS2/c1-10(2,3)14(12)11-8-9-4-6-13-7-5-9/h8-9H,4-7H2,1-3H3/b11-8+/t14-/m0/s1. The molecule has 1 saturated heterocycles. The quantitative estimate of drug-likeness (QED) is 0.543. The first-order valence-electron chi connectivity index (χ1n) is 5.04. The molecule has 0 saturated carbocycles. The van der Waals surface area contributed by atoms with Crippen molar-refractivity contribution >= 4 is 29.3 Å². The highest BCUT2D eigenvalue weighted by atomic mass is 32.2. The minimum Gasteiger partial charge on any atom is -0.591 e. The summed E-state index contributed by atoms with van der Waals surface area (Å²) in [5.74, 6) is 3.00. The van der Waals surface area contributed by atoms with Crippen LogP contribution in [0.25, 0.3) is 0 Å². The fraction of sp³-hybridized carbons (Fsp3) is 0.900. The Hall–Kier alpha value is 0.330. The smallest absolute Gasteiger partial charge is 0.144 e. The highest BCUT2D eigenvalue weighted by Gasteiger charge is 2.26. The van der Waals surface area contributed by atoms with Crippen molar-refractivity contribution in [1.29, 1.82) is 0 Å². The lowest BCUT2D eigenvalue weighted by Gasteiger charge is -2.20. The van der Waals surface area contributed by atoms with Gasteiger partial charge in [0, 0.05) is 5.92 Å². The zero-order valence-electron chi connectivity index (χ0n) is 9.16. The van der Waals surface area contributed by atoms with E-state index in [1.807, 2.05) is 38.7 Å². The van der Waals surface area contributed by atoms with Crippen molar-refractivity contribution in [3.63, 3.8) is 0 Å². The summed E-state index contributed by atoms with van der Waals surface area (Å²) in [5.41, 5.74) is 0. The van der Waals surface area contributed by atoms with E-state index >= 15 is 0 Å². The lowest BCUT2D eigenvalue weighted by atomic mass is 10.1. The van der Waals surface area contributed by atoms with Gasteiger partial charge in [-0.3, -0.25) is 0 Å². The normalized spacial score (nSPS) is 22.9. The minimum atomic E-state index is -1.08. The third kappa shape index (κ3) is 4.24. The molecule has 1 aliphatic heterocycles. The molecule has 1 atom stereocenters. The molecule has 0 amide bonds. The summed E-state index contributed by atoms with van der Waals surface area (Å²) in [6.45, 7) is 5.87. The van der Waals surface area contributed by atoms with Gasteiger partial charge < -0.3 is 4.55 Å². The van der Waals surface area contributed by atoms with Crippen molar-refractivity contribution in [2.75, 3.05) is 11.5 Å². The summed E-state index contributed by atoms with van der Waals surface area (Å²) in [7, 11) is 0. The van der Waals surface area contributed by atoms with Crippen LogP contribution in [0.5, 0.6) is 0 Å². The zero-order chi connectivity index (χ0) is 10.6. The Bertz CT molecular complexity index is 195. The van der Waals surface area contributed by atoms with Crippen molar-refractivity contribution in [2.45, 2.75) is 38.4 Å². The summed E-state index contributed by atoms with van der Waals surface area (Å²) >= 11 is 0.925. The van der Waals surface area contributed by atoms with E-state index in [1.54, 1.807) is 0 Å². The Morgan fingerprint density at radius 2 is 1.93 bits per heavy atom. The predicted molar refractivity (Wildman–Crippen MR) is 66.4 cm³/mol. The molecule has 4 heteroatoms. The van der Waals surface area contributed by atoms with Gasteiger partial charge in [0.05, 0.1) is 6.21 Å². The topological polar surface area (TPSA) is 35.4 Å². The number of thioether (sulfide) groups is 1. The first kappa shape index (κ1) is 12.4. The number of hydrogen-bond donors (Lipinski definition) is 0. The highest BCUT2D eigenvalue weighted by Crippen LogP contribution is 2.22. The van der Waals surface area contributed by atoms with Crippen LogP contribution in [0.1, 0.15) is 33.6 Å². The number of nitrogens with zero attached hydrogens (tertiary/aromatic N) is 1. The molecule has 0 aromatic carbocycles. The summed E-state index contributed by atoms with van der Waals surface area (Å²) in [6, 6.07) is 0. The third-order valence-corrected chi connectivity index (χ3v) is 4.57. The maximum atomic E-state index is 11.6. The van der Waals surface area contributed by atoms with Crippen LogP contribution in [0.15, 0.2) is 4.40 Å². The van der Waals surface area contributed by atoms with Crippen LogP contribution in [0.2, 0.25) is 0 Å². The average Bonchev–Trinajstić information content (AvgIpc) is 2.14. The molecule has 0 aliphatic carbocycles. The monoisotopic (exact) mass is 233 g/mol. The fourth-order valence-corrected chi connectivity index (χ4v) is 2.91. The van der Waals surface area contributed by atoms with Gasteiger partial charge in [-0.1, -0.05) is 4.40 Å². The molecule has 1 aliphatic rings. The van der Waals surface area contributed by atoms with Crippen LogP contribution in [0.3, 0.4) is 0 Å². The van der Waals surface area contributed by atoms with Crippen molar-refractivity contribution in [1.82, 2.24) is 0 Å². The van der Waals surface area contributed by atoms with E-state index < -0.39 is 11.4 Å². The van der Waals surface area contributed by atoms with Crippen LogP contribution < -0.4 is 0 Å². The van der Waals surface area contributed by atoms with Gasteiger partial charge in [-0.2, -0.15) is 11.8 Å². The van der Waals surface area contributed by atoms with Gasteiger partial charge in [-0.15, -0.1) is 0 Å². The Kier molecular flexibility index (Phi) is 4.80.